The summed E-state index contributed by atoms with van der Waals surface area (Å²) in [4.78, 5) is 14.3. The highest BCUT2D eigenvalue weighted by Gasteiger charge is 2.23. The molecule has 19 heavy (non-hydrogen) atoms. The van der Waals surface area contributed by atoms with Crippen molar-refractivity contribution in [2.24, 2.45) is 11.8 Å². The average Bonchev–Trinajstić information content (AvgIpc) is 2.26. The van der Waals surface area contributed by atoms with Gasteiger partial charge in [0.05, 0.1) is 6.54 Å². The van der Waals surface area contributed by atoms with Gasteiger partial charge < -0.3 is 5.32 Å². The molecule has 1 fully saturated rings. The monoisotopic (exact) mass is 260 g/mol. The zero-order valence-corrected chi connectivity index (χ0v) is 12.1. The summed E-state index contributed by atoms with van der Waals surface area (Å²) < 4.78 is 0. The molecule has 0 saturated carbocycles. The van der Waals surface area contributed by atoms with Crippen LogP contribution in [0.4, 0.5) is 5.69 Å². The zero-order valence-electron chi connectivity index (χ0n) is 12.1. The first kappa shape index (κ1) is 14.1. The normalized spacial score (nSPS) is 24.2. The molecular weight excluding hydrogens is 236 g/mol. The van der Waals surface area contributed by atoms with Gasteiger partial charge in [-0.05, 0) is 42.9 Å². The van der Waals surface area contributed by atoms with Crippen molar-refractivity contribution >= 4 is 11.6 Å². The van der Waals surface area contributed by atoms with E-state index in [4.69, 9.17) is 0 Å². The maximum atomic E-state index is 12.1. The summed E-state index contributed by atoms with van der Waals surface area (Å²) in [6.07, 6.45) is 1.27. The third-order valence-corrected chi connectivity index (χ3v) is 3.61. The van der Waals surface area contributed by atoms with E-state index in [9.17, 15) is 4.79 Å². The summed E-state index contributed by atoms with van der Waals surface area (Å²) in [5.74, 6) is 1.47. The standard InChI is InChI=1S/C16H24N2O/c1-12-5-4-6-15(8-12)17-16(19)11-18-9-13(2)7-14(3)10-18/h4-6,8,13-14H,7,9-11H2,1-3H3,(H,17,19). The Balaban J connectivity index is 1.87. The number of anilines is 1. The Morgan fingerprint density at radius 3 is 2.63 bits per heavy atom. The maximum absolute atomic E-state index is 12.1. The maximum Gasteiger partial charge on any atom is 0.238 e. The number of nitrogens with one attached hydrogen (secondary N) is 1. The summed E-state index contributed by atoms with van der Waals surface area (Å²) in [5.41, 5.74) is 2.06. The van der Waals surface area contributed by atoms with E-state index in [1.165, 1.54) is 6.42 Å². The molecule has 3 heteroatoms. The Morgan fingerprint density at radius 1 is 1.32 bits per heavy atom. The molecule has 0 radical (unpaired) electrons. The molecule has 1 N–H and O–H groups in total. The highest BCUT2D eigenvalue weighted by Crippen LogP contribution is 2.20. The van der Waals surface area contributed by atoms with Gasteiger partial charge >= 0.3 is 0 Å². The lowest BCUT2D eigenvalue weighted by molar-refractivity contribution is -0.117. The fourth-order valence-electron chi connectivity index (χ4n) is 3.05. The van der Waals surface area contributed by atoms with E-state index in [0.717, 1.165) is 24.3 Å². The van der Waals surface area contributed by atoms with Crippen LogP contribution in [0.5, 0.6) is 0 Å². The summed E-state index contributed by atoms with van der Waals surface area (Å²) in [5, 5.41) is 2.98. The number of hydrogen-bond donors (Lipinski definition) is 1. The molecule has 1 aromatic carbocycles. The molecule has 1 aromatic rings. The van der Waals surface area contributed by atoms with Crippen LogP contribution in [0.2, 0.25) is 0 Å². The highest BCUT2D eigenvalue weighted by molar-refractivity contribution is 5.92. The molecule has 0 aliphatic carbocycles. The molecule has 1 aliphatic heterocycles. The minimum absolute atomic E-state index is 0.0897. The number of aryl methyl sites for hydroxylation is 1. The fourth-order valence-corrected chi connectivity index (χ4v) is 3.05. The first-order chi connectivity index (χ1) is 9.02. The number of rotatable bonds is 3. The van der Waals surface area contributed by atoms with E-state index >= 15 is 0 Å². The molecule has 2 rings (SSSR count). The topological polar surface area (TPSA) is 32.3 Å². The molecule has 1 heterocycles. The van der Waals surface area contributed by atoms with Gasteiger partial charge in [-0.2, -0.15) is 0 Å². The zero-order chi connectivity index (χ0) is 13.8. The van der Waals surface area contributed by atoms with Crippen molar-refractivity contribution in [2.75, 3.05) is 25.0 Å². The predicted molar refractivity (Wildman–Crippen MR) is 79.2 cm³/mol. The molecule has 1 saturated heterocycles. The number of carbonyl (C=O) groups excluding carboxylic acids is 1. The predicted octanol–water partition coefficient (Wildman–Crippen LogP) is 2.91. The molecule has 2 unspecified atom stereocenters. The Labute approximate surface area is 116 Å². The van der Waals surface area contributed by atoms with E-state index in [-0.39, 0.29) is 5.91 Å². The van der Waals surface area contributed by atoms with Crippen molar-refractivity contribution in [2.45, 2.75) is 27.2 Å². The minimum Gasteiger partial charge on any atom is -0.325 e. The van der Waals surface area contributed by atoms with E-state index in [2.05, 4.69) is 24.1 Å². The minimum atomic E-state index is 0.0897. The fraction of sp³-hybridized carbons (Fsp3) is 0.562. The molecular formula is C16H24N2O. The van der Waals surface area contributed by atoms with E-state index < -0.39 is 0 Å². The summed E-state index contributed by atoms with van der Waals surface area (Å²) >= 11 is 0. The quantitative estimate of drug-likeness (QED) is 0.906. The van der Waals surface area contributed by atoms with E-state index in [0.29, 0.717) is 18.4 Å². The van der Waals surface area contributed by atoms with Gasteiger partial charge in [0.25, 0.3) is 0 Å². The second kappa shape index (κ2) is 6.20. The van der Waals surface area contributed by atoms with Crippen molar-refractivity contribution < 1.29 is 4.79 Å². The first-order valence-corrected chi connectivity index (χ1v) is 7.12. The van der Waals surface area contributed by atoms with Crippen molar-refractivity contribution in [1.29, 1.82) is 0 Å². The second-order valence-electron chi connectivity index (χ2n) is 6.06. The van der Waals surface area contributed by atoms with Crippen LogP contribution in [0, 0.1) is 18.8 Å². The molecule has 3 nitrogen and oxygen atoms in total. The number of piperidine rings is 1. The summed E-state index contributed by atoms with van der Waals surface area (Å²) in [6, 6.07) is 7.94. The van der Waals surface area contributed by atoms with Crippen LogP contribution in [0.15, 0.2) is 24.3 Å². The molecule has 1 aliphatic rings. The summed E-state index contributed by atoms with van der Waals surface area (Å²) in [7, 11) is 0. The van der Waals surface area contributed by atoms with Crippen LogP contribution in [0.25, 0.3) is 0 Å². The van der Waals surface area contributed by atoms with E-state index in [1.54, 1.807) is 0 Å². The number of likely N-dealkylation sites (tertiary alicyclic amines) is 1. The smallest absolute Gasteiger partial charge is 0.238 e. The molecule has 0 aromatic heterocycles. The summed E-state index contributed by atoms with van der Waals surface area (Å²) in [6.45, 7) is 9.13. The molecule has 2 atom stereocenters. The number of benzene rings is 1. The SMILES string of the molecule is Cc1cccc(NC(=O)CN2CC(C)CC(C)C2)c1. The second-order valence-corrected chi connectivity index (χ2v) is 6.06. The average molecular weight is 260 g/mol. The van der Waals surface area contributed by atoms with Gasteiger partial charge in [0, 0.05) is 18.8 Å². The first-order valence-electron chi connectivity index (χ1n) is 7.12. The number of carbonyl (C=O) groups is 1. The van der Waals surface area contributed by atoms with Gasteiger partial charge in [-0.1, -0.05) is 26.0 Å². The van der Waals surface area contributed by atoms with Crippen LogP contribution >= 0.6 is 0 Å². The van der Waals surface area contributed by atoms with E-state index in [1.807, 2.05) is 31.2 Å². The third-order valence-electron chi connectivity index (χ3n) is 3.61. The Bertz CT molecular complexity index is 434. The molecule has 0 spiro atoms. The molecule has 1 amide bonds. The van der Waals surface area contributed by atoms with Crippen LogP contribution < -0.4 is 5.32 Å². The van der Waals surface area contributed by atoms with Crippen LogP contribution in [-0.4, -0.2) is 30.4 Å². The van der Waals surface area contributed by atoms with Crippen molar-refractivity contribution in [1.82, 2.24) is 4.90 Å². The van der Waals surface area contributed by atoms with Gasteiger partial charge in [0.15, 0.2) is 0 Å². The van der Waals surface area contributed by atoms with Gasteiger partial charge in [-0.3, -0.25) is 9.69 Å². The van der Waals surface area contributed by atoms with Crippen molar-refractivity contribution in [3.8, 4) is 0 Å². The number of hydrogen-bond acceptors (Lipinski definition) is 2. The van der Waals surface area contributed by atoms with Gasteiger partial charge in [-0.15, -0.1) is 0 Å². The van der Waals surface area contributed by atoms with Crippen LogP contribution in [-0.2, 0) is 4.79 Å². The molecule has 104 valence electrons. The lowest BCUT2D eigenvalue weighted by Gasteiger charge is -2.34. The number of nitrogens with zero attached hydrogens (tertiary/aromatic N) is 1. The number of amides is 1. The van der Waals surface area contributed by atoms with Crippen LogP contribution in [0.3, 0.4) is 0 Å². The Kier molecular flexibility index (Phi) is 4.59. The largest absolute Gasteiger partial charge is 0.325 e. The van der Waals surface area contributed by atoms with Crippen molar-refractivity contribution in [3.05, 3.63) is 29.8 Å². The van der Waals surface area contributed by atoms with Crippen LogP contribution in [0.1, 0.15) is 25.8 Å². The van der Waals surface area contributed by atoms with Gasteiger partial charge in [0.2, 0.25) is 5.91 Å². The Hall–Kier alpha value is -1.35. The molecule has 0 bridgehead atoms. The highest BCUT2D eigenvalue weighted by atomic mass is 16.2. The van der Waals surface area contributed by atoms with Crippen molar-refractivity contribution in [3.63, 3.8) is 0 Å². The van der Waals surface area contributed by atoms with Gasteiger partial charge in [-0.25, -0.2) is 0 Å². The Morgan fingerprint density at radius 2 is 2.00 bits per heavy atom. The lowest BCUT2D eigenvalue weighted by Crippen LogP contribution is -2.42. The lowest BCUT2D eigenvalue weighted by atomic mass is 9.92. The third kappa shape index (κ3) is 4.35. The van der Waals surface area contributed by atoms with Gasteiger partial charge in [0.1, 0.15) is 0 Å².